The molecule has 0 bridgehead atoms. The third kappa shape index (κ3) is 4.56. The Morgan fingerprint density at radius 2 is 1.61 bits per heavy atom. The second-order valence-corrected chi connectivity index (χ2v) is 12.2. The first-order chi connectivity index (χ1) is 13.4. The number of aryl methyl sites for hydroxylation is 2. The molecule has 0 saturated carbocycles. The van der Waals surface area contributed by atoms with Crippen LogP contribution in [0.2, 0.25) is 0 Å². The Balaban J connectivity index is 1.94. The van der Waals surface area contributed by atoms with Crippen LogP contribution in [0.1, 0.15) is 43.7 Å². The fraction of sp³-hybridized carbons (Fsp3) is 0.455. The van der Waals surface area contributed by atoms with Gasteiger partial charge in [0.05, 0.1) is 11.5 Å². The summed E-state index contributed by atoms with van der Waals surface area (Å²) < 4.78 is 37.9. The third-order valence-electron chi connectivity index (χ3n) is 5.06. The molecule has 1 saturated heterocycles. The van der Waals surface area contributed by atoms with Gasteiger partial charge in [0.1, 0.15) is 5.75 Å². The molecule has 0 N–H and O–H groups in total. The van der Waals surface area contributed by atoms with Crippen LogP contribution in [0.15, 0.2) is 52.3 Å². The molecule has 0 aliphatic carbocycles. The van der Waals surface area contributed by atoms with Crippen molar-refractivity contribution < 1.29 is 16.8 Å². The van der Waals surface area contributed by atoms with E-state index in [4.69, 9.17) is 8.37 Å². The molecule has 1 heterocycles. The van der Waals surface area contributed by atoms with E-state index in [0.29, 0.717) is 6.61 Å². The summed E-state index contributed by atoms with van der Waals surface area (Å²) in [5, 5.41) is 0. The lowest BCUT2D eigenvalue weighted by molar-refractivity contribution is 0.305. The van der Waals surface area contributed by atoms with Crippen molar-refractivity contribution in [2.45, 2.75) is 56.2 Å². The van der Waals surface area contributed by atoms with Crippen molar-refractivity contribution in [3.63, 3.8) is 0 Å². The lowest BCUT2D eigenvalue weighted by Crippen LogP contribution is -2.15. The van der Waals surface area contributed by atoms with Gasteiger partial charge in [-0.3, -0.25) is 0 Å². The molecule has 2 aromatic rings. The highest BCUT2D eigenvalue weighted by atomic mass is 32.3. The zero-order chi connectivity index (χ0) is 20.2. The molecule has 1 fully saturated rings. The first-order valence-corrected chi connectivity index (χ1v) is 13.2. The van der Waals surface area contributed by atoms with Crippen LogP contribution in [0.5, 0.6) is 5.75 Å². The van der Waals surface area contributed by atoms with Crippen molar-refractivity contribution in [1.29, 1.82) is 0 Å². The molecule has 0 amide bonds. The number of unbranched alkanes of at least 4 members (excludes halogenated alkanes) is 1. The van der Waals surface area contributed by atoms with E-state index < -0.39 is 20.4 Å². The Bertz CT molecular complexity index is 878. The van der Waals surface area contributed by atoms with Crippen molar-refractivity contribution in [1.82, 2.24) is 0 Å². The second kappa shape index (κ2) is 8.89. The normalized spacial score (nSPS) is 17.4. The van der Waals surface area contributed by atoms with E-state index in [-0.39, 0.29) is 4.90 Å². The monoisotopic (exact) mass is 422 g/mol. The molecule has 0 atom stereocenters. The standard InChI is InChI=1S/C22H30O4S2/c1-4-5-13-25-22-18(2)16-21(17-19(22)3)27(14-9-10-15-27)26-28(23,24)20-11-7-6-8-12-20/h6-8,11-12,16-17H,4-5,9-10,13-15H2,1-3H3. The molecule has 0 aromatic heterocycles. The van der Waals surface area contributed by atoms with Gasteiger partial charge in [0.2, 0.25) is 0 Å². The predicted octanol–water partition coefficient (Wildman–Crippen LogP) is 5.76. The van der Waals surface area contributed by atoms with E-state index >= 15 is 0 Å². The van der Waals surface area contributed by atoms with E-state index in [9.17, 15) is 8.42 Å². The van der Waals surface area contributed by atoms with Gasteiger partial charge in [0.15, 0.2) is 0 Å². The number of hydrogen-bond donors (Lipinski definition) is 0. The van der Waals surface area contributed by atoms with Crippen molar-refractivity contribution in [2.75, 3.05) is 18.1 Å². The van der Waals surface area contributed by atoms with Gasteiger partial charge in [-0.05, 0) is 68.5 Å². The lowest BCUT2D eigenvalue weighted by Gasteiger charge is -2.35. The Labute approximate surface area is 170 Å². The van der Waals surface area contributed by atoms with Crippen LogP contribution in [-0.4, -0.2) is 26.5 Å². The summed E-state index contributed by atoms with van der Waals surface area (Å²) in [6.45, 7) is 6.91. The average Bonchev–Trinajstić information content (AvgIpc) is 3.13. The molecule has 28 heavy (non-hydrogen) atoms. The number of rotatable bonds is 8. The highest BCUT2D eigenvalue weighted by Gasteiger charge is 2.37. The summed E-state index contributed by atoms with van der Waals surface area (Å²) in [5.74, 6) is 2.48. The maximum atomic E-state index is 13.0. The summed E-state index contributed by atoms with van der Waals surface area (Å²) in [5.41, 5.74) is 2.09. The predicted molar refractivity (Wildman–Crippen MR) is 116 cm³/mol. The van der Waals surface area contributed by atoms with E-state index in [0.717, 1.165) is 59.0 Å². The van der Waals surface area contributed by atoms with E-state index in [1.54, 1.807) is 30.3 Å². The maximum absolute atomic E-state index is 13.0. The van der Waals surface area contributed by atoms with E-state index in [1.807, 2.05) is 13.8 Å². The highest BCUT2D eigenvalue weighted by Crippen LogP contribution is 2.63. The molecule has 4 nitrogen and oxygen atoms in total. The van der Waals surface area contributed by atoms with Crippen LogP contribution >= 0.6 is 10.3 Å². The van der Waals surface area contributed by atoms with Gasteiger partial charge in [0.25, 0.3) is 0 Å². The number of hydrogen-bond acceptors (Lipinski definition) is 4. The first kappa shape index (κ1) is 21.2. The largest absolute Gasteiger partial charge is 0.493 e. The summed E-state index contributed by atoms with van der Waals surface area (Å²) in [7, 11) is -5.67. The summed E-state index contributed by atoms with van der Waals surface area (Å²) in [6, 6.07) is 12.6. The molecule has 2 aromatic carbocycles. The Hall–Kier alpha value is -1.50. The molecule has 154 valence electrons. The fourth-order valence-electron chi connectivity index (χ4n) is 3.59. The minimum Gasteiger partial charge on any atom is -0.493 e. The van der Waals surface area contributed by atoms with Crippen molar-refractivity contribution in [3.05, 3.63) is 53.6 Å². The summed E-state index contributed by atoms with van der Waals surface area (Å²) in [4.78, 5) is 1.24. The molecule has 6 heteroatoms. The van der Waals surface area contributed by atoms with Gasteiger partial charge in [-0.2, -0.15) is 8.42 Å². The van der Waals surface area contributed by atoms with Gasteiger partial charge in [-0.15, -0.1) is 0 Å². The van der Waals surface area contributed by atoms with Crippen molar-refractivity contribution in [3.8, 4) is 5.75 Å². The molecule has 0 radical (unpaired) electrons. The van der Waals surface area contributed by atoms with Gasteiger partial charge >= 0.3 is 10.1 Å². The minimum absolute atomic E-state index is 0.224. The molecular formula is C22H30O4S2. The summed E-state index contributed by atoms with van der Waals surface area (Å²) in [6.07, 6.45) is 4.10. The van der Waals surface area contributed by atoms with Crippen LogP contribution < -0.4 is 4.74 Å². The van der Waals surface area contributed by atoms with Crippen LogP contribution in [-0.2, 0) is 13.7 Å². The molecule has 1 aliphatic rings. The Kier molecular flexibility index (Phi) is 6.73. The second-order valence-electron chi connectivity index (χ2n) is 7.35. The molecule has 1 aliphatic heterocycles. The number of benzene rings is 2. The van der Waals surface area contributed by atoms with Crippen LogP contribution in [0.3, 0.4) is 0 Å². The maximum Gasteiger partial charge on any atom is 0.306 e. The van der Waals surface area contributed by atoms with Gasteiger partial charge < -0.3 is 4.74 Å². The highest BCUT2D eigenvalue weighted by molar-refractivity contribution is 8.33. The number of ether oxygens (including phenoxy) is 1. The zero-order valence-electron chi connectivity index (χ0n) is 16.9. The molecule has 0 spiro atoms. The molecular weight excluding hydrogens is 392 g/mol. The minimum atomic E-state index is -3.80. The fourth-order valence-corrected chi connectivity index (χ4v) is 9.42. The van der Waals surface area contributed by atoms with Crippen LogP contribution in [0.4, 0.5) is 0 Å². The van der Waals surface area contributed by atoms with Gasteiger partial charge in [0, 0.05) is 16.4 Å². The average molecular weight is 423 g/mol. The van der Waals surface area contributed by atoms with E-state index in [1.165, 1.54) is 0 Å². The zero-order valence-corrected chi connectivity index (χ0v) is 18.6. The van der Waals surface area contributed by atoms with Gasteiger partial charge in [-0.25, -0.2) is 3.63 Å². The Morgan fingerprint density at radius 1 is 1.00 bits per heavy atom. The van der Waals surface area contributed by atoms with Crippen molar-refractivity contribution >= 4 is 20.4 Å². The third-order valence-corrected chi connectivity index (χ3v) is 10.7. The molecule has 0 unspecified atom stereocenters. The van der Waals surface area contributed by atoms with Gasteiger partial charge in [-0.1, -0.05) is 41.9 Å². The van der Waals surface area contributed by atoms with Crippen molar-refractivity contribution in [2.24, 2.45) is 0 Å². The quantitative estimate of drug-likeness (QED) is 0.508. The summed E-state index contributed by atoms with van der Waals surface area (Å²) >= 11 is 0. The SMILES string of the molecule is CCCCOc1c(C)cc(S2(OS(=O)(=O)c3ccccc3)CCCC2)cc1C. The lowest BCUT2D eigenvalue weighted by atomic mass is 10.1. The molecule has 3 rings (SSSR count). The topological polar surface area (TPSA) is 52.6 Å². The van der Waals surface area contributed by atoms with E-state index in [2.05, 4.69) is 19.1 Å². The first-order valence-electron chi connectivity index (χ1n) is 9.92. The smallest absolute Gasteiger partial charge is 0.306 e. The van der Waals surface area contributed by atoms with Crippen LogP contribution in [0, 0.1) is 13.8 Å². The van der Waals surface area contributed by atoms with Crippen LogP contribution in [0.25, 0.3) is 0 Å². The Morgan fingerprint density at radius 3 is 2.18 bits per heavy atom.